The van der Waals surface area contributed by atoms with Crippen molar-refractivity contribution in [3.05, 3.63) is 29.3 Å². The number of aliphatic carboxylic acids is 1. The molecule has 1 aliphatic rings. The van der Waals surface area contributed by atoms with Crippen LogP contribution in [0.3, 0.4) is 0 Å². The van der Waals surface area contributed by atoms with E-state index in [-0.39, 0.29) is 12.6 Å². The molecule has 0 aliphatic carbocycles. The zero-order chi connectivity index (χ0) is 16.8. The van der Waals surface area contributed by atoms with E-state index in [0.717, 1.165) is 0 Å². The predicted molar refractivity (Wildman–Crippen MR) is 65.3 cm³/mol. The number of rotatable bonds is 3. The zero-order valence-corrected chi connectivity index (χ0v) is 12.0. The number of halogens is 4. The van der Waals surface area contributed by atoms with Gasteiger partial charge in [0, 0.05) is 19.2 Å². The molecule has 1 saturated heterocycles. The molecule has 1 N–H and O–H groups in total. The van der Waals surface area contributed by atoms with Crippen molar-refractivity contribution >= 4 is 16.0 Å². The van der Waals surface area contributed by atoms with Gasteiger partial charge in [0.2, 0.25) is 10.0 Å². The Balaban J connectivity index is 2.52. The molecule has 2 rings (SSSR count). The minimum atomic E-state index is -4.90. The van der Waals surface area contributed by atoms with Crippen LogP contribution in [0.25, 0.3) is 0 Å². The lowest BCUT2D eigenvalue weighted by Gasteiger charge is -2.17. The Morgan fingerprint density at radius 2 is 1.68 bits per heavy atom. The summed E-state index contributed by atoms with van der Waals surface area (Å²) in [6.45, 7) is 0.597. The van der Waals surface area contributed by atoms with Gasteiger partial charge in [-0.1, -0.05) is 6.92 Å². The van der Waals surface area contributed by atoms with Gasteiger partial charge in [0.25, 0.3) is 0 Å². The summed E-state index contributed by atoms with van der Waals surface area (Å²) in [6.07, 6.45) is 0. The molecule has 1 heterocycles. The van der Waals surface area contributed by atoms with E-state index in [2.05, 4.69) is 0 Å². The summed E-state index contributed by atoms with van der Waals surface area (Å²) in [4.78, 5) is 9.23. The summed E-state index contributed by atoms with van der Waals surface area (Å²) in [7, 11) is -4.90. The lowest BCUT2D eigenvalue weighted by atomic mass is 9.99. The van der Waals surface area contributed by atoms with E-state index in [1.165, 1.54) is 6.92 Å². The Morgan fingerprint density at radius 1 is 1.18 bits per heavy atom. The van der Waals surface area contributed by atoms with E-state index in [9.17, 15) is 30.8 Å². The van der Waals surface area contributed by atoms with Gasteiger partial charge in [-0.25, -0.2) is 26.0 Å². The van der Waals surface area contributed by atoms with Crippen LogP contribution in [-0.2, 0) is 14.8 Å². The topological polar surface area (TPSA) is 74.7 Å². The predicted octanol–water partition coefficient (Wildman–Crippen LogP) is 1.58. The first-order chi connectivity index (χ1) is 10.1. The largest absolute Gasteiger partial charge is 0.481 e. The minimum absolute atomic E-state index is 0.101. The highest BCUT2D eigenvalue weighted by molar-refractivity contribution is 7.89. The molecule has 10 heteroatoms. The summed E-state index contributed by atoms with van der Waals surface area (Å²) < 4.78 is 78.5. The van der Waals surface area contributed by atoms with Crippen molar-refractivity contribution in [2.24, 2.45) is 11.8 Å². The summed E-state index contributed by atoms with van der Waals surface area (Å²) in [5.74, 6) is -10.7. The fourth-order valence-electron chi connectivity index (χ4n) is 2.35. The standard InChI is InChI=1S/C12H11F4NO4S/c1-5-3-17(4-6(5)12(18)19)22(20,21)11-9(15)7(13)2-8(14)10(11)16/h2,5-6H,3-4H2,1H3,(H,18,19)/t5-,6-/m1/s1. The normalized spacial score (nSPS) is 23.0. The van der Waals surface area contributed by atoms with E-state index >= 15 is 0 Å². The second-order valence-corrected chi connectivity index (χ2v) is 6.92. The van der Waals surface area contributed by atoms with E-state index in [0.29, 0.717) is 4.31 Å². The lowest BCUT2D eigenvalue weighted by molar-refractivity contribution is -0.142. The Bertz CT molecular complexity index is 711. The number of hydrogen-bond acceptors (Lipinski definition) is 3. The molecule has 122 valence electrons. The van der Waals surface area contributed by atoms with Crippen molar-refractivity contribution in [1.29, 1.82) is 0 Å². The van der Waals surface area contributed by atoms with Gasteiger partial charge < -0.3 is 5.11 Å². The second-order valence-electron chi connectivity index (χ2n) is 5.04. The summed E-state index contributed by atoms with van der Waals surface area (Å²) in [6, 6.07) is -0.101. The van der Waals surface area contributed by atoms with E-state index < -0.39 is 62.5 Å². The van der Waals surface area contributed by atoms with Crippen molar-refractivity contribution in [1.82, 2.24) is 4.31 Å². The highest BCUT2D eigenvalue weighted by atomic mass is 32.2. The third-order valence-corrected chi connectivity index (χ3v) is 5.42. The van der Waals surface area contributed by atoms with Crippen LogP contribution in [-0.4, -0.2) is 36.9 Å². The molecule has 0 saturated carbocycles. The molecule has 22 heavy (non-hydrogen) atoms. The monoisotopic (exact) mass is 341 g/mol. The highest BCUT2D eigenvalue weighted by Gasteiger charge is 2.43. The first-order valence-corrected chi connectivity index (χ1v) is 7.57. The van der Waals surface area contributed by atoms with Crippen LogP contribution in [0.2, 0.25) is 0 Å². The fraction of sp³-hybridized carbons (Fsp3) is 0.417. The molecule has 1 fully saturated rings. The molecule has 0 amide bonds. The molecule has 2 atom stereocenters. The third-order valence-electron chi connectivity index (χ3n) is 3.57. The van der Waals surface area contributed by atoms with Crippen LogP contribution < -0.4 is 0 Å². The van der Waals surface area contributed by atoms with Crippen LogP contribution >= 0.6 is 0 Å². The van der Waals surface area contributed by atoms with Gasteiger partial charge in [0.05, 0.1) is 5.92 Å². The molecule has 0 bridgehead atoms. The number of carboxylic acid groups (broad SMARTS) is 1. The molecular weight excluding hydrogens is 330 g/mol. The number of carbonyl (C=O) groups is 1. The number of carboxylic acids is 1. The number of nitrogens with zero attached hydrogens (tertiary/aromatic N) is 1. The second kappa shape index (κ2) is 5.51. The summed E-state index contributed by atoms with van der Waals surface area (Å²) in [5.41, 5.74) is 0. The van der Waals surface area contributed by atoms with Gasteiger partial charge in [0.15, 0.2) is 28.2 Å². The average Bonchev–Trinajstić information content (AvgIpc) is 2.79. The van der Waals surface area contributed by atoms with Crippen molar-refractivity contribution < 1.29 is 35.9 Å². The third kappa shape index (κ3) is 2.56. The Morgan fingerprint density at radius 3 is 2.09 bits per heavy atom. The molecule has 0 spiro atoms. The maximum Gasteiger partial charge on any atom is 0.308 e. The first kappa shape index (κ1) is 16.7. The fourth-order valence-corrected chi connectivity index (χ4v) is 4.04. The van der Waals surface area contributed by atoms with Crippen molar-refractivity contribution in [2.75, 3.05) is 13.1 Å². The quantitative estimate of drug-likeness (QED) is 0.669. The summed E-state index contributed by atoms with van der Waals surface area (Å²) >= 11 is 0. The van der Waals surface area contributed by atoms with Gasteiger partial charge in [0.1, 0.15) is 0 Å². The first-order valence-electron chi connectivity index (χ1n) is 6.13. The molecular formula is C12H11F4NO4S. The van der Waals surface area contributed by atoms with Gasteiger partial charge in [-0.2, -0.15) is 4.31 Å². The molecule has 1 aromatic carbocycles. The van der Waals surface area contributed by atoms with E-state index in [4.69, 9.17) is 5.11 Å². The van der Waals surface area contributed by atoms with E-state index in [1.54, 1.807) is 0 Å². The SMILES string of the molecule is C[C@@H]1CN(S(=O)(=O)c2c(F)c(F)cc(F)c2F)C[C@H]1C(=O)O. The van der Waals surface area contributed by atoms with Gasteiger partial charge in [-0.15, -0.1) is 0 Å². The van der Waals surface area contributed by atoms with Crippen LogP contribution in [0, 0.1) is 35.1 Å². The smallest absolute Gasteiger partial charge is 0.308 e. The van der Waals surface area contributed by atoms with Crippen molar-refractivity contribution in [2.45, 2.75) is 11.8 Å². The Labute approximate surface area is 123 Å². The molecule has 1 aliphatic heterocycles. The number of hydrogen-bond donors (Lipinski definition) is 1. The van der Waals surface area contributed by atoms with Crippen molar-refractivity contribution in [3.8, 4) is 0 Å². The molecule has 0 radical (unpaired) electrons. The minimum Gasteiger partial charge on any atom is -0.481 e. The lowest BCUT2D eigenvalue weighted by Crippen LogP contribution is -2.32. The Hall–Kier alpha value is -1.68. The number of sulfonamides is 1. The number of benzene rings is 1. The maximum absolute atomic E-state index is 13.6. The van der Waals surface area contributed by atoms with Gasteiger partial charge >= 0.3 is 5.97 Å². The van der Waals surface area contributed by atoms with Gasteiger partial charge in [-0.3, -0.25) is 4.79 Å². The van der Waals surface area contributed by atoms with Crippen LogP contribution in [0.4, 0.5) is 17.6 Å². The molecule has 0 aromatic heterocycles. The molecule has 5 nitrogen and oxygen atoms in total. The maximum atomic E-state index is 13.6. The summed E-state index contributed by atoms with van der Waals surface area (Å²) in [5, 5.41) is 8.95. The van der Waals surface area contributed by atoms with E-state index in [1.807, 2.05) is 0 Å². The van der Waals surface area contributed by atoms with Gasteiger partial charge in [-0.05, 0) is 5.92 Å². The Kier molecular flexibility index (Phi) is 4.18. The molecule has 1 aromatic rings. The van der Waals surface area contributed by atoms with Crippen LogP contribution in [0.1, 0.15) is 6.92 Å². The molecule has 0 unspecified atom stereocenters. The van der Waals surface area contributed by atoms with Crippen LogP contribution in [0.5, 0.6) is 0 Å². The van der Waals surface area contributed by atoms with Crippen molar-refractivity contribution in [3.63, 3.8) is 0 Å². The zero-order valence-electron chi connectivity index (χ0n) is 11.2. The highest BCUT2D eigenvalue weighted by Crippen LogP contribution is 2.32. The average molecular weight is 341 g/mol. The van der Waals surface area contributed by atoms with Crippen LogP contribution in [0.15, 0.2) is 11.0 Å².